The van der Waals surface area contributed by atoms with Gasteiger partial charge < -0.3 is 19.6 Å². The molecular formula is C37H43ClN4O4. The molecule has 0 atom stereocenters. The Morgan fingerprint density at radius 1 is 0.565 bits per heavy atom. The molecule has 0 aromatic heterocycles. The van der Waals surface area contributed by atoms with Crippen LogP contribution in [0.2, 0.25) is 0 Å². The molecular weight excluding hydrogens is 600 g/mol. The second kappa shape index (κ2) is 17.4. The van der Waals surface area contributed by atoms with Gasteiger partial charge in [0.2, 0.25) is 0 Å². The summed E-state index contributed by atoms with van der Waals surface area (Å²) in [7, 11) is 1.40. The van der Waals surface area contributed by atoms with Gasteiger partial charge in [-0.2, -0.15) is 0 Å². The molecule has 2 heterocycles. The fourth-order valence-corrected chi connectivity index (χ4v) is 5.75. The van der Waals surface area contributed by atoms with Gasteiger partial charge >= 0.3 is 11.9 Å². The Morgan fingerprint density at radius 3 is 1.28 bits per heavy atom. The van der Waals surface area contributed by atoms with Crippen LogP contribution >= 0.6 is 12.4 Å². The molecule has 0 aliphatic carbocycles. The summed E-state index contributed by atoms with van der Waals surface area (Å²) in [4.78, 5) is 32.0. The monoisotopic (exact) mass is 642 g/mol. The molecule has 1 N–H and O–H groups in total. The van der Waals surface area contributed by atoms with E-state index in [2.05, 4.69) is 74.2 Å². The van der Waals surface area contributed by atoms with E-state index in [1.807, 2.05) is 42.5 Å². The van der Waals surface area contributed by atoms with Crippen molar-refractivity contribution in [2.24, 2.45) is 0 Å². The number of carboxylic acid groups (broad SMARTS) is 1. The fraction of sp³-hybridized carbons (Fsp3) is 0.297. The number of anilines is 2. The van der Waals surface area contributed by atoms with Crippen LogP contribution in [-0.2, 0) is 17.8 Å². The van der Waals surface area contributed by atoms with Gasteiger partial charge in [0.25, 0.3) is 0 Å². The minimum atomic E-state index is -0.876. The molecule has 2 aliphatic heterocycles. The highest BCUT2D eigenvalue weighted by molar-refractivity contribution is 5.89. The molecule has 4 aromatic carbocycles. The Labute approximate surface area is 278 Å². The zero-order valence-corrected chi connectivity index (χ0v) is 27.1. The van der Waals surface area contributed by atoms with Gasteiger partial charge in [0.1, 0.15) is 0 Å². The minimum Gasteiger partial charge on any atom is -0.478 e. The molecule has 2 fully saturated rings. The van der Waals surface area contributed by atoms with Crippen LogP contribution in [0.15, 0.2) is 109 Å². The fourth-order valence-electron chi connectivity index (χ4n) is 5.75. The lowest BCUT2D eigenvalue weighted by atomic mass is 10.1. The van der Waals surface area contributed by atoms with Gasteiger partial charge in [-0.15, -0.1) is 12.4 Å². The Kier molecular flexibility index (Phi) is 13.0. The number of carbonyl (C=O) groups excluding carboxylic acids is 1. The number of methoxy groups -OCH3 is 1. The SMILES string of the molecule is COC(=O)c1ccc(N2CCN(Cc3ccccc3)CC2)cc1.Cl.O=C(O)c1ccc(N2CCN(Cc3ccccc3)CC2)cc1. The van der Waals surface area contributed by atoms with E-state index in [1.165, 1.54) is 18.2 Å². The van der Waals surface area contributed by atoms with E-state index in [4.69, 9.17) is 9.84 Å². The van der Waals surface area contributed by atoms with E-state index in [0.717, 1.165) is 76.8 Å². The predicted octanol–water partition coefficient (Wildman–Crippen LogP) is 5.92. The van der Waals surface area contributed by atoms with Crippen molar-refractivity contribution in [3.63, 3.8) is 0 Å². The number of hydrogen-bond donors (Lipinski definition) is 1. The number of piperazine rings is 2. The minimum absolute atomic E-state index is 0. The van der Waals surface area contributed by atoms with Crippen LogP contribution in [0.25, 0.3) is 0 Å². The smallest absolute Gasteiger partial charge is 0.337 e. The van der Waals surface area contributed by atoms with Crippen molar-refractivity contribution in [2.75, 3.05) is 69.3 Å². The highest BCUT2D eigenvalue weighted by atomic mass is 35.5. The third-order valence-corrected chi connectivity index (χ3v) is 8.38. The summed E-state index contributed by atoms with van der Waals surface area (Å²) < 4.78 is 4.73. The summed E-state index contributed by atoms with van der Waals surface area (Å²) >= 11 is 0. The summed E-state index contributed by atoms with van der Waals surface area (Å²) in [5, 5.41) is 8.94. The predicted molar refractivity (Wildman–Crippen MR) is 186 cm³/mol. The summed E-state index contributed by atoms with van der Waals surface area (Å²) in [6.45, 7) is 10.1. The van der Waals surface area contributed by atoms with Gasteiger partial charge in [-0.1, -0.05) is 60.7 Å². The van der Waals surface area contributed by atoms with Gasteiger partial charge in [-0.05, 0) is 59.7 Å². The lowest BCUT2D eigenvalue weighted by Gasteiger charge is -2.36. The second-order valence-corrected chi connectivity index (χ2v) is 11.4. The molecule has 4 aromatic rings. The quantitative estimate of drug-likeness (QED) is 0.237. The van der Waals surface area contributed by atoms with E-state index in [1.54, 1.807) is 12.1 Å². The van der Waals surface area contributed by atoms with Crippen LogP contribution in [0.3, 0.4) is 0 Å². The van der Waals surface area contributed by atoms with Crippen LogP contribution in [-0.4, -0.2) is 86.3 Å². The normalized spacial score (nSPS) is 15.2. The van der Waals surface area contributed by atoms with E-state index in [0.29, 0.717) is 11.1 Å². The van der Waals surface area contributed by atoms with Gasteiger partial charge in [0, 0.05) is 76.8 Å². The van der Waals surface area contributed by atoms with E-state index in [-0.39, 0.29) is 18.4 Å². The molecule has 9 heteroatoms. The molecule has 46 heavy (non-hydrogen) atoms. The second-order valence-electron chi connectivity index (χ2n) is 11.4. The van der Waals surface area contributed by atoms with Crippen molar-refractivity contribution in [2.45, 2.75) is 13.1 Å². The Hall–Kier alpha value is -4.37. The number of rotatable bonds is 8. The molecule has 0 unspecified atom stereocenters. The topological polar surface area (TPSA) is 76.6 Å². The van der Waals surface area contributed by atoms with Crippen molar-refractivity contribution in [1.82, 2.24) is 9.80 Å². The Bertz CT molecular complexity index is 1490. The highest BCUT2D eigenvalue weighted by Crippen LogP contribution is 2.20. The average Bonchev–Trinajstić information content (AvgIpc) is 3.10. The zero-order valence-electron chi connectivity index (χ0n) is 26.3. The molecule has 0 spiro atoms. The zero-order chi connectivity index (χ0) is 31.4. The average molecular weight is 643 g/mol. The van der Waals surface area contributed by atoms with Crippen molar-refractivity contribution in [1.29, 1.82) is 0 Å². The number of halogens is 1. The van der Waals surface area contributed by atoms with Crippen LogP contribution in [0.4, 0.5) is 11.4 Å². The van der Waals surface area contributed by atoms with Crippen LogP contribution in [0, 0.1) is 0 Å². The third-order valence-electron chi connectivity index (χ3n) is 8.38. The lowest BCUT2D eigenvalue weighted by molar-refractivity contribution is 0.0599. The molecule has 2 saturated heterocycles. The number of hydrogen-bond acceptors (Lipinski definition) is 7. The lowest BCUT2D eigenvalue weighted by Crippen LogP contribution is -2.45. The number of carboxylic acids is 1. The van der Waals surface area contributed by atoms with Gasteiger partial charge in [0.15, 0.2) is 0 Å². The Morgan fingerprint density at radius 2 is 0.935 bits per heavy atom. The highest BCUT2D eigenvalue weighted by Gasteiger charge is 2.19. The van der Waals surface area contributed by atoms with Crippen molar-refractivity contribution < 1.29 is 19.4 Å². The molecule has 6 rings (SSSR count). The number of nitrogens with zero attached hydrogens (tertiary/aromatic N) is 4. The van der Waals surface area contributed by atoms with E-state index >= 15 is 0 Å². The van der Waals surface area contributed by atoms with Gasteiger partial charge in [-0.3, -0.25) is 9.80 Å². The standard InChI is InChI=1S/C19H22N2O2.C18H20N2O2.ClH/c1-23-19(22)17-7-9-18(10-8-17)21-13-11-20(12-14-21)15-16-5-3-2-4-6-16;21-18(22)16-6-8-17(9-7-16)20-12-10-19(11-13-20)14-15-4-2-1-3-5-15;/h2-10H,11-15H2,1H3;1-9H,10-14H2,(H,21,22);1H. The molecule has 0 radical (unpaired) electrons. The molecule has 0 saturated carbocycles. The molecule has 0 amide bonds. The van der Waals surface area contributed by atoms with Crippen LogP contribution < -0.4 is 9.80 Å². The summed E-state index contributed by atoms with van der Waals surface area (Å²) in [5.41, 5.74) is 5.91. The summed E-state index contributed by atoms with van der Waals surface area (Å²) in [6, 6.07) is 35.9. The van der Waals surface area contributed by atoms with Crippen molar-refractivity contribution in [3.05, 3.63) is 131 Å². The molecule has 2 aliphatic rings. The van der Waals surface area contributed by atoms with Gasteiger partial charge in [0.05, 0.1) is 18.2 Å². The summed E-state index contributed by atoms with van der Waals surface area (Å²) in [6.07, 6.45) is 0. The van der Waals surface area contributed by atoms with Crippen molar-refractivity contribution in [3.8, 4) is 0 Å². The van der Waals surface area contributed by atoms with Gasteiger partial charge in [-0.25, -0.2) is 9.59 Å². The van der Waals surface area contributed by atoms with E-state index < -0.39 is 5.97 Å². The summed E-state index contributed by atoms with van der Waals surface area (Å²) in [5.74, 6) is -1.16. The number of benzene rings is 4. The first-order valence-corrected chi connectivity index (χ1v) is 15.5. The first-order valence-electron chi connectivity index (χ1n) is 15.5. The first kappa shape index (κ1) is 34.5. The van der Waals surface area contributed by atoms with E-state index in [9.17, 15) is 9.59 Å². The van der Waals surface area contributed by atoms with Crippen LogP contribution in [0.1, 0.15) is 31.8 Å². The first-order chi connectivity index (χ1) is 22.0. The number of aromatic carboxylic acids is 1. The number of ether oxygens (including phenoxy) is 1. The van der Waals surface area contributed by atoms with Crippen LogP contribution in [0.5, 0.6) is 0 Å². The maximum absolute atomic E-state index is 11.5. The molecule has 8 nitrogen and oxygen atoms in total. The maximum Gasteiger partial charge on any atom is 0.337 e. The number of esters is 1. The largest absolute Gasteiger partial charge is 0.478 e. The van der Waals surface area contributed by atoms with Crippen molar-refractivity contribution >= 4 is 35.7 Å². The number of carbonyl (C=O) groups is 2. The maximum atomic E-state index is 11.5. The Balaban J connectivity index is 0.000000205. The molecule has 0 bridgehead atoms. The third kappa shape index (κ3) is 9.81. The molecule has 242 valence electrons.